The zero-order valence-electron chi connectivity index (χ0n) is 11.1. The normalized spacial score (nSPS) is 17.2. The third-order valence-corrected chi connectivity index (χ3v) is 3.54. The molecule has 0 radical (unpaired) electrons. The van der Waals surface area contributed by atoms with Crippen molar-refractivity contribution in [2.45, 2.75) is 6.42 Å². The van der Waals surface area contributed by atoms with Crippen molar-refractivity contribution in [3.05, 3.63) is 34.3 Å². The summed E-state index contributed by atoms with van der Waals surface area (Å²) in [6.07, 6.45) is 1.05. The fourth-order valence-corrected chi connectivity index (χ4v) is 2.47. The Hall–Kier alpha value is -1.92. The van der Waals surface area contributed by atoms with Gasteiger partial charge in [-0.2, -0.15) is 0 Å². The van der Waals surface area contributed by atoms with E-state index in [-0.39, 0.29) is 5.78 Å². The first-order chi connectivity index (χ1) is 9.72. The van der Waals surface area contributed by atoms with Gasteiger partial charge in [-0.05, 0) is 37.7 Å². The van der Waals surface area contributed by atoms with Crippen LogP contribution in [-0.4, -0.2) is 48.4 Å². The Morgan fingerprint density at radius 1 is 1.30 bits per heavy atom. The SMILES string of the molecule is O=C(CN1CCCNCC1)c1ccc2[nH]c(=O)oc2c1. The van der Waals surface area contributed by atoms with Gasteiger partial charge in [0.15, 0.2) is 11.4 Å². The summed E-state index contributed by atoms with van der Waals surface area (Å²) in [5.74, 6) is -0.444. The number of benzene rings is 1. The Kier molecular flexibility index (Phi) is 3.66. The summed E-state index contributed by atoms with van der Waals surface area (Å²) in [6.45, 7) is 4.14. The summed E-state index contributed by atoms with van der Waals surface area (Å²) in [7, 11) is 0. The quantitative estimate of drug-likeness (QED) is 0.802. The van der Waals surface area contributed by atoms with Crippen molar-refractivity contribution >= 4 is 16.9 Å². The molecule has 20 heavy (non-hydrogen) atoms. The van der Waals surface area contributed by atoms with E-state index in [1.165, 1.54) is 0 Å². The summed E-state index contributed by atoms with van der Waals surface area (Å²) < 4.78 is 4.98. The summed E-state index contributed by atoms with van der Waals surface area (Å²) in [5.41, 5.74) is 1.63. The zero-order chi connectivity index (χ0) is 13.9. The highest BCUT2D eigenvalue weighted by atomic mass is 16.4. The minimum absolute atomic E-state index is 0.0534. The molecule has 0 atom stereocenters. The standard InChI is InChI=1S/C14H17N3O3/c18-12(9-17-6-1-4-15-5-7-17)10-2-3-11-13(8-10)20-14(19)16-11/h2-3,8,15H,1,4-7,9H2,(H,16,19). The van der Waals surface area contributed by atoms with Crippen LogP contribution in [0.3, 0.4) is 0 Å². The van der Waals surface area contributed by atoms with Crippen LogP contribution in [0.5, 0.6) is 0 Å². The molecule has 0 bridgehead atoms. The van der Waals surface area contributed by atoms with E-state index in [2.05, 4.69) is 15.2 Å². The molecule has 0 spiro atoms. The summed E-state index contributed by atoms with van der Waals surface area (Å²) in [6, 6.07) is 5.06. The van der Waals surface area contributed by atoms with Crippen LogP contribution in [0.2, 0.25) is 0 Å². The molecule has 3 rings (SSSR count). The topological polar surface area (TPSA) is 78.3 Å². The van der Waals surface area contributed by atoms with E-state index < -0.39 is 5.76 Å². The number of aromatic nitrogens is 1. The van der Waals surface area contributed by atoms with Crippen LogP contribution in [0.4, 0.5) is 0 Å². The number of fused-ring (bicyclic) bond motifs is 1. The largest absolute Gasteiger partial charge is 0.417 e. The van der Waals surface area contributed by atoms with Gasteiger partial charge in [0.1, 0.15) is 0 Å². The van der Waals surface area contributed by atoms with Gasteiger partial charge in [0.25, 0.3) is 0 Å². The molecule has 2 heterocycles. The molecular formula is C14H17N3O3. The number of carbonyl (C=O) groups is 1. The second-order valence-corrected chi connectivity index (χ2v) is 5.03. The number of H-pyrrole nitrogens is 1. The van der Waals surface area contributed by atoms with Crippen molar-refractivity contribution in [2.24, 2.45) is 0 Å². The Labute approximate surface area is 115 Å². The molecule has 1 aromatic heterocycles. The number of aromatic amines is 1. The maximum absolute atomic E-state index is 12.3. The van der Waals surface area contributed by atoms with Gasteiger partial charge in [-0.25, -0.2) is 4.79 Å². The van der Waals surface area contributed by atoms with Gasteiger partial charge in [-0.15, -0.1) is 0 Å². The highest BCUT2D eigenvalue weighted by Crippen LogP contribution is 2.13. The molecule has 1 fully saturated rings. The van der Waals surface area contributed by atoms with Crippen LogP contribution < -0.4 is 11.1 Å². The molecule has 1 saturated heterocycles. The van der Waals surface area contributed by atoms with E-state index >= 15 is 0 Å². The number of nitrogens with one attached hydrogen (secondary N) is 2. The number of carbonyl (C=O) groups excluding carboxylic acids is 1. The fourth-order valence-electron chi connectivity index (χ4n) is 2.47. The van der Waals surface area contributed by atoms with E-state index in [1.54, 1.807) is 18.2 Å². The van der Waals surface area contributed by atoms with Crippen LogP contribution in [0.25, 0.3) is 11.1 Å². The number of nitrogens with zero attached hydrogens (tertiary/aromatic N) is 1. The van der Waals surface area contributed by atoms with E-state index in [4.69, 9.17) is 4.42 Å². The molecule has 2 aromatic rings. The lowest BCUT2D eigenvalue weighted by molar-refractivity contribution is 0.0935. The number of hydrogen-bond donors (Lipinski definition) is 2. The fraction of sp³-hybridized carbons (Fsp3) is 0.429. The van der Waals surface area contributed by atoms with E-state index in [0.717, 1.165) is 32.6 Å². The van der Waals surface area contributed by atoms with Gasteiger partial charge in [0.2, 0.25) is 0 Å². The highest BCUT2D eigenvalue weighted by molar-refractivity contribution is 5.99. The van der Waals surface area contributed by atoms with Crippen molar-refractivity contribution in [3.8, 4) is 0 Å². The van der Waals surface area contributed by atoms with Crippen molar-refractivity contribution in [1.82, 2.24) is 15.2 Å². The molecule has 2 N–H and O–H groups in total. The van der Waals surface area contributed by atoms with Gasteiger partial charge < -0.3 is 9.73 Å². The minimum Gasteiger partial charge on any atom is -0.408 e. The Morgan fingerprint density at radius 2 is 2.20 bits per heavy atom. The predicted molar refractivity (Wildman–Crippen MR) is 75.1 cm³/mol. The molecule has 106 valence electrons. The molecular weight excluding hydrogens is 258 g/mol. The number of Topliss-reactive ketones (excluding diaryl/α,β-unsaturated/α-hetero) is 1. The average molecular weight is 275 g/mol. The number of hydrogen-bond acceptors (Lipinski definition) is 5. The molecule has 1 aliphatic rings. The molecule has 1 aromatic carbocycles. The van der Waals surface area contributed by atoms with Crippen LogP contribution >= 0.6 is 0 Å². The second-order valence-electron chi connectivity index (χ2n) is 5.03. The molecule has 6 heteroatoms. The molecule has 0 saturated carbocycles. The van der Waals surface area contributed by atoms with Crippen molar-refractivity contribution in [2.75, 3.05) is 32.7 Å². The first kappa shape index (κ1) is 13.1. The second kappa shape index (κ2) is 5.60. The highest BCUT2D eigenvalue weighted by Gasteiger charge is 2.15. The maximum atomic E-state index is 12.3. The zero-order valence-corrected chi connectivity index (χ0v) is 11.1. The molecule has 6 nitrogen and oxygen atoms in total. The van der Waals surface area contributed by atoms with E-state index in [0.29, 0.717) is 23.2 Å². The third kappa shape index (κ3) is 2.81. The average Bonchev–Trinajstić information content (AvgIpc) is 2.62. The Bertz CT molecular complexity index is 666. The first-order valence-electron chi connectivity index (χ1n) is 6.81. The van der Waals surface area contributed by atoms with Gasteiger partial charge in [-0.1, -0.05) is 0 Å². The molecule has 0 unspecified atom stereocenters. The Balaban J connectivity index is 1.75. The predicted octanol–water partition coefficient (Wildman–Crippen LogP) is 0.599. The lowest BCUT2D eigenvalue weighted by Crippen LogP contribution is -2.33. The van der Waals surface area contributed by atoms with Crippen molar-refractivity contribution in [3.63, 3.8) is 0 Å². The van der Waals surface area contributed by atoms with Crippen LogP contribution in [0.15, 0.2) is 27.4 Å². The molecule has 1 aliphatic heterocycles. The van der Waals surface area contributed by atoms with E-state index in [1.807, 2.05) is 0 Å². The van der Waals surface area contributed by atoms with Gasteiger partial charge in [0.05, 0.1) is 12.1 Å². The third-order valence-electron chi connectivity index (χ3n) is 3.54. The van der Waals surface area contributed by atoms with E-state index in [9.17, 15) is 9.59 Å². The monoisotopic (exact) mass is 275 g/mol. The van der Waals surface area contributed by atoms with Gasteiger partial charge in [0, 0.05) is 18.7 Å². The van der Waals surface area contributed by atoms with Crippen LogP contribution in [0, 0.1) is 0 Å². The number of ketones is 1. The summed E-state index contributed by atoms with van der Waals surface area (Å²) >= 11 is 0. The van der Waals surface area contributed by atoms with Gasteiger partial charge >= 0.3 is 5.76 Å². The summed E-state index contributed by atoms with van der Waals surface area (Å²) in [4.78, 5) is 28.1. The maximum Gasteiger partial charge on any atom is 0.417 e. The summed E-state index contributed by atoms with van der Waals surface area (Å²) in [5, 5.41) is 3.31. The first-order valence-corrected chi connectivity index (χ1v) is 6.81. The van der Waals surface area contributed by atoms with Crippen LogP contribution in [-0.2, 0) is 0 Å². The lowest BCUT2D eigenvalue weighted by atomic mass is 10.1. The molecule has 0 aliphatic carbocycles. The minimum atomic E-state index is -0.497. The number of oxazole rings is 1. The van der Waals surface area contributed by atoms with Crippen molar-refractivity contribution < 1.29 is 9.21 Å². The molecule has 0 amide bonds. The van der Waals surface area contributed by atoms with Crippen LogP contribution in [0.1, 0.15) is 16.8 Å². The Morgan fingerprint density at radius 3 is 3.10 bits per heavy atom. The lowest BCUT2D eigenvalue weighted by Gasteiger charge is -2.18. The number of rotatable bonds is 3. The van der Waals surface area contributed by atoms with Gasteiger partial charge in [-0.3, -0.25) is 14.7 Å². The smallest absolute Gasteiger partial charge is 0.408 e. The van der Waals surface area contributed by atoms with Crippen molar-refractivity contribution in [1.29, 1.82) is 0 Å².